The number of fused-ring (bicyclic) bond motifs is 1. The lowest BCUT2D eigenvalue weighted by atomic mass is 9.85. The SMILES string of the molecule is CC(C)(CO)c1ccc(COc2ccc(-c3c(-c4ccncc4)nn4c3C(=O)NCC4)cc2)cc1. The van der Waals surface area contributed by atoms with Gasteiger partial charge >= 0.3 is 0 Å². The minimum atomic E-state index is -0.269. The van der Waals surface area contributed by atoms with E-state index in [0.29, 0.717) is 25.4 Å². The highest BCUT2D eigenvalue weighted by atomic mass is 16.5. The third-order valence-electron chi connectivity index (χ3n) is 6.41. The summed E-state index contributed by atoms with van der Waals surface area (Å²) in [5.74, 6) is 0.622. The molecule has 1 aliphatic heterocycles. The number of aromatic nitrogens is 3. The van der Waals surface area contributed by atoms with Crippen LogP contribution in [0.3, 0.4) is 0 Å². The predicted molar refractivity (Wildman–Crippen MR) is 134 cm³/mol. The molecule has 35 heavy (non-hydrogen) atoms. The summed E-state index contributed by atoms with van der Waals surface area (Å²) in [6, 6.07) is 19.7. The number of aliphatic hydroxyl groups excluding tert-OH is 1. The molecule has 0 unspecified atom stereocenters. The van der Waals surface area contributed by atoms with Gasteiger partial charge in [0.2, 0.25) is 0 Å². The largest absolute Gasteiger partial charge is 0.489 e. The first kappa shape index (κ1) is 22.8. The highest BCUT2D eigenvalue weighted by molar-refractivity contribution is 6.03. The van der Waals surface area contributed by atoms with Gasteiger partial charge in [0, 0.05) is 35.5 Å². The van der Waals surface area contributed by atoms with Crippen LogP contribution in [0.5, 0.6) is 5.75 Å². The highest BCUT2D eigenvalue weighted by Gasteiger charge is 2.28. The maximum Gasteiger partial charge on any atom is 0.270 e. The molecule has 0 aliphatic carbocycles. The number of pyridine rings is 1. The van der Waals surface area contributed by atoms with Gasteiger partial charge in [0.05, 0.1) is 13.2 Å². The Balaban J connectivity index is 1.38. The molecule has 0 atom stereocenters. The Kier molecular flexibility index (Phi) is 6.09. The first-order valence-corrected chi connectivity index (χ1v) is 11.7. The summed E-state index contributed by atoms with van der Waals surface area (Å²) in [7, 11) is 0. The van der Waals surface area contributed by atoms with E-state index in [4.69, 9.17) is 9.84 Å². The second-order valence-electron chi connectivity index (χ2n) is 9.34. The van der Waals surface area contributed by atoms with Crippen molar-refractivity contribution in [1.29, 1.82) is 0 Å². The van der Waals surface area contributed by atoms with Crippen molar-refractivity contribution in [3.05, 3.63) is 89.9 Å². The number of benzene rings is 2. The van der Waals surface area contributed by atoms with E-state index in [0.717, 1.165) is 39.3 Å². The van der Waals surface area contributed by atoms with Crippen molar-refractivity contribution in [2.24, 2.45) is 0 Å². The van der Waals surface area contributed by atoms with Gasteiger partial charge in [-0.05, 0) is 41.0 Å². The van der Waals surface area contributed by atoms with Crippen molar-refractivity contribution >= 4 is 5.91 Å². The summed E-state index contributed by atoms with van der Waals surface area (Å²) >= 11 is 0. The van der Waals surface area contributed by atoms with Crippen LogP contribution in [-0.4, -0.2) is 38.9 Å². The standard InChI is InChI=1S/C28H28N4O3/c1-28(2,18-33)22-7-3-19(4-8-22)17-35-23-9-5-20(6-10-23)24-25(21-11-13-29-14-12-21)31-32-16-15-30-27(34)26(24)32/h3-14,33H,15-18H2,1-2H3,(H,30,34). The number of nitrogens with one attached hydrogen (secondary N) is 1. The van der Waals surface area contributed by atoms with E-state index in [-0.39, 0.29) is 17.9 Å². The van der Waals surface area contributed by atoms with E-state index in [2.05, 4.69) is 10.3 Å². The molecule has 0 fully saturated rings. The second kappa shape index (κ2) is 9.35. The average molecular weight is 469 g/mol. The van der Waals surface area contributed by atoms with Gasteiger partial charge in [-0.3, -0.25) is 14.5 Å². The molecule has 0 saturated carbocycles. The van der Waals surface area contributed by atoms with Crippen molar-refractivity contribution in [2.75, 3.05) is 13.2 Å². The zero-order chi connectivity index (χ0) is 24.4. The molecule has 1 aliphatic rings. The fourth-order valence-electron chi connectivity index (χ4n) is 4.23. The van der Waals surface area contributed by atoms with Crippen molar-refractivity contribution in [1.82, 2.24) is 20.1 Å². The minimum Gasteiger partial charge on any atom is -0.489 e. The molecule has 2 aromatic heterocycles. The van der Waals surface area contributed by atoms with Gasteiger partial charge in [0.15, 0.2) is 0 Å². The first-order valence-electron chi connectivity index (χ1n) is 11.7. The Morgan fingerprint density at radius 3 is 2.40 bits per heavy atom. The van der Waals surface area contributed by atoms with Crippen molar-refractivity contribution in [3.63, 3.8) is 0 Å². The predicted octanol–water partition coefficient (Wildman–Crippen LogP) is 4.20. The van der Waals surface area contributed by atoms with Crippen LogP contribution < -0.4 is 10.1 Å². The van der Waals surface area contributed by atoms with Gasteiger partial charge < -0.3 is 15.2 Å². The molecule has 2 aromatic carbocycles. The molecule has 0 spiro atoms. The lowest BCUT2D eigenvalue weighted by Crippen LogP contribution is -2.35. The van der Waals surface area contributed by atoms with Gasteiger partial charge in [-0.15, -0.1) is 0 Å². The van der Waals surface area contributed by atoms with Gasteiger partial charge in [0.25, 0.3) is 5.91 Å². The third kappa shape index (κ3) is 4.55. The summed E-state index contributed by atoms with van der Waals surface area (Å²) in [5.41, 5.74) is 5.83. The number of aliphatic hydroxyl groups is 1. The smallest absolute Gasteiger partial charge is 0.270 e. The Morgan fingerprint density at radius 2 is 1.71 bits per heavy atom. The van der Waals surface area contributed by atoms with Gasteiger partial charge in [-0.2, -0.15) is 5.10 Å². The number of ether oxygens (including phenoxy) is 1. The first-order chi connectivity index (χ1) is 17.0. The van der Waals surface area contributed by atoms with E-state index in [9.17, 15) is 9.90 Å². The number of carbonyl (C=O) groups excluding carboxylic acids is 1. The average Bonchev–Trinajstić information content (AvgIpc) is 3.29. The Labute approximate surface area is 204 Å². The molecular formula is C28H28N4O3. The fourth-order valence-corrected chi connectivity index (χ4v) is 4.23. The highest BCUT2D eigenvalue weighted by Crippen LogP contribution is 2.36. The minimum absolute atomic E-state index is 0.0976. The lowest BCUT2D eigenvalue weighted by Gasteiger charge is -2.22. The van der Waals surface area contributed by atoms with Gasteiger partial charge in [-0.25, -0.2) is 0 Å². The van der Waals surface area contributed by atoms with Crippen LogP contribution in [-0.2, 0) is 18.6 Å². The summed E-state index contributed by atoms with van der Waals surface area (Å²) in [4.78, 5) is 16.8. The molecule has 1 amide bonds. The van der Waals surface area contributed by atoms with E-state index >= 15 is 0 Å². The molecular weight excluding hydrogens is 440 g/mol. The fraction of sp³-hybridized carbons (Fsp3) is 0.250. The van der Waals surface area contributed by atoms with Crippen LogP contribution in [0.4, 0.5) is 0 Å². The molecule has 4 aromatic rings. The molecule has 5 rings (SSSR count). The summed E-state index contributed by atoms with van der Waals surface area (Å²) in [5, 5.41) is 17.3. The monoisotopic (exact) mass is 468 g/mol. The topological polar surface area (TPSA) is 89.3 Å². The van der Waals surface area contributed by atoms with Crippen molar-refractivity contribution in [2.45, 2.75) is 32.4 Å². The zero-order valence-corrected chi connectivity index (χ0v) is 19.9. The molecule has 3 heterocycles. The summed E-state index contributed by atoms with van der Waals surface area (Å²) in [6.07, 6.45) is 3.46. The van der Waals surface area contributed by atoms with Crippen LogP contribution >= 0.6 is 0 Å². The molecule has 0 radical (unpaired) electrons. The number of amides is 1. The molecule has 0 bridgehead atoms. The quantitative estimate of drug-likeness (QED) is 0.424. The Bertz CT molecular complexity index is 1330. The molecule has 2 N–H and O–H groups in total. The maximum atomic E-state index is 12.7. The normalized spacial score (nSPS) is 13.3. The number of carbonyl (C=O) groups is 1. The molecule has 7 heteroatoms. The van der Waals surface area contributed by atoms with Crippen LogP contribution in [0.1, 0.15) is 35.5 Å². The number of rotatable bonds is 7. The molecule has 178 valence electrons. The van der Waals surface area contributed by atoms with Crippen LogP contribution in [0, 0.1) is 0 Å². The van der Waals surface area contributed by atoms with E-state index < -0.39 is 0 Å². The van der Waals surface area contributed by atoms with Crippen LogP contribution in [0.15, 0.2) is 73.1 Å². The summed E-state index contributed by atoms with van der Waals surface area (Å²) < 4.78 is 7.79. The van der Waals surface area contributed by atoms with E-state index in [1.54, 1.807) is 17.1 Å². The van der Waals surface area contributed by atoms with Gasteiger partial charge in [0.1, 0.15) is 23.7 Å². The number of nitrogens with zero attached hydrogens (tertiary/aromatic N) is 3. The molecule has 7 nitrogen and oxygen atoms in total. The van der Waals surface area contributed by atoms with E-state index in [1.807, 2.05) is 74.5 Å². The maximum absolute atomic E-state index is 12.7. The van der Waals surface area contributed by atoms with E-state index in [1.165, 1.54) is 0 Å². The second-order valence-corrected chi connectivity index (χ2v) is 9.34. The lowest BCUT2D eigenvalue weighted by molar-refractivity contribution is 0.0925. The Hall–Kier alpha value is -3.97. The van der Waals surface area contributed by atoms with Gasteiger partial charge in [-0.1, -0.05) is 50.2 Å². The van der Waals surface area contributed by atoms with Crippen molar-refractivity contribution < 1.29 is 14.6 Å². The number of hydrogen-bond acceptors (Lipinski definition) is 5. The summed E-state index contributed by atoms with van der Waals surface area (Å²) in [6.45, 7) is 5.76. The Morgan fingerprint density at radius 1 is 1.00 bits per heavy atom. The number of hydrogen-bond donors (Lipinski definition) is 2. The van der Waals surface area contributed by atoms with Crippen LogP contribution in [0.2, 0.25) is 0 Å². The zero-order valence-electron chi connectivity index (χ0n) is 19.9. The third-order valence-corrected chi connectivity index (χ3v) is 6.41. The van der Waals surface area contributed by atoms with Crippen LogP contribution in [0.25, 0.3) is 22.4 Å². The van der Waals surface area contributed by atoms with Crippen molar-refractivity contribution in [3.8, 4) is 28.1 Å². The molecule has 0 saturated heterocycles.